The molecule has 2 rings (SSSR count). The van der Waals surface area contributed by atoms with Crippen LogP contribution < -0.4 is 15.8 Å². The molecule has 1 aliphatic rings. The molecule has 3 N–H and O–H groups in total. The number of hydrogen-bond acceptors (Lipinski definition) is 4. The van der Waals surface area contributed by atoms with Gasteiger partial charge in [0.15, 0.2) is 11.4 Å². The van der Waals surface area contributed by atoms with Gasteiger partial charge in [-0.15, -0.1) is 0 Å². The molecule has 1 saturated carbocycles. The van der Waals surface area contributed by atoms with E-state index in [1.807, 2.05) is 0 Å². The van der Waals surface area contributed by atoms with Crippen molar-refractivity contribution in [2.45, 2.75) is 18.9 Å². The molecule has 1 fully saturated rings. The van der Waals surface area contributed by atoms with Crippen LogP contribution in [-0.4, -0.2) is 24.0 Å². The molecule has 0 bridgehead atoms. The predicted molar refractivity (Wildman–Crippen MR) is 56.0 cm³/mol. The first kappa shape index (κ1) is 9.76. The standard InChI is InChI=1S/C10H13N3O2/c1-12-7-4-5-13-8(10(11)14)9(7)15-6-2-3-6/h4-6H,2-3H2,1H3,(H2,11,14)(H,12,13). The van der Waals surface area contributed by atoms with Crippen LogP contribution in [0.1, 0.15) is 23.3 Å². The molecule has 80 valence electrons. The van der Waals surface area contributed by atoms with Gasteiger partial charge in [-0.3, -0.25) is 4.79 Å². The number of hydrogen-bond donors (Lipinski definition) is 2. The Labute approximate surface area is 87.6 Å². The third kappa shape index (κ3) is 2.01. The summed E-state index contributed by atoms with van der Waals surface area (Å²) in [6, 6.07) is 1.75. The Morgan fingerprint density at radius 1 is 1.67 bits per heavy atom. The van der Waals surface area contributed by atoms with Crippen LogP contribution in [0.3, 0.4) is 0 Å². The van der Waals surface area contributed by atoms with Gasteiger partial charge >= 0.3 is 0 Å². The topological polar surface area (TPSA) is 77.2 Å². The number of pyridine rings is 1. The number of nitrogens with zero attached hydrogens (tertiary/aromatic N) is 1. The Kier molecular flexibility index (Phi) is 2.45. The van der Waals surface area contributed by atoms with Crippen molar-refractivity contribution in [1.82, 2.24) is 4.98 Å². The lowest BCUT2D eigenvalue weighted by atomic mass is 10.2. The molecule has 0 unspecified atom stereocenters. The van der Waals surface area contributed by atoms with E-state index in [1.54, 1.807) is 13.1 Å². The summed E-state index contributed by atoms with van der Waals surface area (Å²) in [5.74, 6) is -0.0993. The molecule has 1 aromatic rings. The summed E-state index contributed by atoms with van der Waals surface area (Å²) >= 11 is 0. The number of nitrogens with one attached hydrogen (secondary N) is 1. The van der Waals surface area contributed by atoms with Crippen LogP contribution in [0.5, 0.6) is 5.75 Å². The third-order valence-corrected chi connectivity index (χ3v) is 2.22. The van der Waals surface area contributed by atoms with E-state index in [-0.39, 0.29) is 11.8 Å². The number of nitrogens with two attached hydrogens (primary N) is 1. The van der Waals surface area contributed by atoms with Crippen LogP contribution in [-0.2, 0) is 0 Å². The maximum absolute atomic E-state index is 11.1. The van der Waals surface area contributed by atoms with E-state index in [2.05, 4.69) is 10.3 Å². The molecule has 1 aliphatic carbocycles. The molecule has 5 nitrogen and oxygen atoms in total. The average molecular weight is 207 g/mol. The van der Waals surface area contributed by atoms with Crippen molar-refractivity contribution >= 4 is 11.6 Å². The zero-order valence-electron chi connectivity index (χ0n) is 8.49. The monoisotopic (exact) mass is 207 g/mol. The fourth-order valence-corrected chi connectivity index (χ4v) is 1.29. The molecule has 15 heavy (non-hydrogen) atoms. The molecule has 1 aromatic heterocycles. The van der Waals surface area contributed by atoms with Crippen molar-refractivity contribution in [3.63, 3.8) is 0 Å². The number of amides is 1. The van der Waals surface area contributed by atoms with Gasteiger partial charge in [0.05, 0.1) is 11.8 Å². The van der Waals surface area contributed by atoms with Gasteiger partial charge in [0, 0.05) is 13.2 Å². The summed E-state index contributed by atoms with van der Waals surface area (Å²) in [7, 11) is 1.76. The van der Waals surface area contributed by atoms with Crippen molar-refractivity contribution in [3.05, 3.63) is 18.0 Å². The fraction of sp³-hybridized carbons (Fsp3) is 0.400. The molecule has 0 saturated heterocycles. The Morgan fingerprint density at radius 2 is 2.40 bits per heavy atom. The lowest BCUT2D eigenvalue weighted by molar-refractivity contribution is 0.0991. The van der Waals surface area contributed by atoms with Crippen LogP contribution in [0.2, 0.25) is 0 Å². The number of anilines is 1. The van der Waals surface area contributed by atoms with Crippen LogP contribution in [0.4, 0.5) is 5.69 Å². The molecule has 5 heteroatoms. The third-order valence-electron chi connectivity index (χ3n) is 2.22. The zero-order chi connectivity index (χ0) is 10.8. The maximum atomic E-state index is 11.1. The number of aromatic nitrogens is 1. The van der Waals surface area contributed by atoms with Gasteiger partial charge in [-0.25, -0.2) is 4.98 Å². The smallest absolute Gasteiger partial charge is 0.271 e. The minimum atomic E-state index is -0.567. The van der Waals surface area contributed by atoms with E-state index in [1.165, 1.54) is 6.20 Å². The molecule has 0 atom stereocenters. The lowest BCUT2D eigenvalue weighted by Gasteiger charge is -2.12. The zero-order valence-corrected chi connectivity index (χ0v) is 8.49. The highest BCUT2D eigenvalue weighted by Gasteiger charge is 2.27. The summed E-state index contributed by atoms with van der Waals surface area (Å²) in [6.45, 7) is 0. The summed E-state index contributed by atoms with van der Waals surface area (Å²) in [4.78, 5) is 15.1. The van der Waals surface area contributed by atoms with Gasteiger partial charge in [-0.05, 0) is 18.9 Å². The van der Waals surface area contributed by atoms with E-state index >= 15 is 0 Å². The highest BCUT2D eigenvalue weighted by atomic mass is 16.5. The van der Waals surface area contributed by atoms with Crippen molar-refractivity contribution in [2.24, 2.45) is 5.73 Å². The second-order valence-corrected chi connectivity index (χ2v) is 3.47. The van der Waals surface area contributed by atoms with Gasteiger partial charge < -0.3 is 15.8 Å². The Hall–Kier alpha value is -1.78. The molecule has 0 aromatic carbocycles. The van der Waals surface area contributed by atoms with Gasteiger partial charge in [0.2, 0.25) is 0 Å². The lowest BCUT2D eigenvalue weighted by Crippen LogP contribution is -2.16. The minimum absolute atomic E-state index is 0.189. The minimum Gasteiger partial charge on any atom is -0.486 e. The average Bonchev–Trinajstić information content (AvgIpc) is 3.01. The molecule has 1 heterocycles. The van der Waals surface area contributed by atoms with Crippen LogP contribution in [0, 0.1) is 0 Å². The Morgan fingerprint density at radius 3 is 2.93 bits per heavy atom. The first-order valence-electron chi connectivity index (χ1n) is 4.85. The molecular formula is C10H13N3O2. The van der Waals surface area contributed by atoms with Gasteiger partial charge in [0.1, 0.15) is 0 Å². The SMILES string of the molecule is CNc1ccnc(C(N)=O)c1OC1CC1. The quantitative estimate of drug-likeness (QED) is 0.764. The van der Waals surface area contributed by atoms with E-state index in [0.29, 0.717) is 5.75 Å². The molecular weight excluding hydrogens is 194 g/mol. The Bertz CT molecular complexity index is 388. The normalized spacial score (nSPS) is 14.7. The van der Waals surface area contributed by atoms with Gasteiger partial charge in [0.25, 0.3) is 5.91 Å². The van der Waals surface area contributed by atoms with Crippen molar-refractivity contribution in [3.8, 4) is 5.75 Å². The van der Waals surface area contributed by atoms with Crippen LogP contribution in [0.15, 0.2) is 12.3 Å². The largest absolute Gasteiger partial charge is 0.486 e. The number of primary amides is 1. The first-order chi connectivity index (χ1) is 7.22. The highest BCUT2D eigenvalue weighted by molar-refractivity contribution is 5.95. The number of carbonyl (C=O) groups excluding carboxylic acids is 1. The van der Waals surface area contributed by atoms with E-state index in [0.717, 1.165) is 18.5 Å². The first-order valence-corrected chi connectivity index (χ1v) is 4.85. The van der Waals surface area contributed by atoms with Crippen LogP contribution >= 0.6 is 0 Å². The maximum Gasteiger partial charge on any atom is 0.271 e. The predicted octanol–water partition coefficient (Wildman–Crippen LogP) is 0.763. The van der Waals surface area contributed by atoms with E-state index in [4.69, 9.17) is 10.5 Å². The number of rotatable bonds is 4. The number of carbonyl (C=O) groups is 1. The van der Waals surface area contributed by atoms with E-state index < -0.39 is 5.91 Å². The summed E-state index contributed by atoms with van der Waals surface area (Å²) in [5, 5.41) is 2.95. The fourth-order valence-electron chi connectivity index (χ4n) is 1.29. The summed E-state index contributed by atoms with van der Waals surface area (Å²) in [5.41, 5.74) is 6.16. The second kappa shape index (κ2) is 3.76. The highest BCUT2D eigenvalue weighted by Crippen LogP contribution is 2.33. The van der Waals surface area contributed by atoms with Gasteiger partial charge in [-0.1, -0.05) is 0 Å². The number of ether oxygens (including phenoxy) is 1. The van der Waals surface area contributed by atoms with Crippen molar-refractivity contribution < 1.29 is 9.53 Å². The van der Waals surface area contributed by atoms with Crippen LogP contribution in [0.25, 0.3) is 0 Å². The molecule has 1 amide bonds. The summed E-state index contributed by atoms with van der Waals surface area (Å²) in [6.07, 6.45) is 3.79. The van der Waals surface area contributed by atoms with Crippen molar-refractivity contribution in [1.29, 1.82) is 0 Å². The second-order valence-electron chi connectivity index (χ2n) is 3.47. The van der Waals surface area contributed by atoms with Crippen molar-refractivity contribution in [2.75, 3.05) is 12.4 Å². The van der Waals surface area contributed by atoms with E-state index in [9.17, 15) is 4.79 Å². The van der Waals surface area contributed by atoms with Gasteiger partial charge in [-0.2, -0.15) is 0 Å². The molecule has 0 aliphatic heterocycles. The molecule has 0 spiro atoms. The molecule has 0 radical (unpaired) electrons. The summed E-state index contributed by atoms with van der Waals surface area (Å²) < 4.78 is 5.61. The Balaban J connectivity index is 2.38.